The minimum Gasteiger partial charge on any atom is -0.494 e. The number of nitrogens with one attached hydrogen (secondary N) is 1. The summed E-state index contributed by atoms with van der Waals surface area (Å²) in [6.45, 7) is 0.193. The van der Waals surface area contributed by atoms with E-state index < -0.39 is 10.2 Å². The van der Waals surface area contributed by atoms with Crippen LogP contribution >= 0.6 is 15.9 Å². The quantitative estimate of drug-likeness (QED) is 0.259. The van der Waals surface area contributed by atoms with Crippen LogP contribution in [0.25, 0.3) is 11.1 Å². The van der Waals surface area contributed by atoms with Crippen LogP contribution in [0.4, 0.5) is 11.5 Å². The average Bonchev–Trinajstić information content (AvgIpc) is 2.92. The number of methoxy groups -OCH3 is 1. The summed E-state index contributed by atoms with van der Waals surface area (Å²) in [6.07, 6.45) is 7.19. The van der Waals surface area contributed by atoms with Crippen molar-refractivity contribution in [2.24, 2.45) is 0 Å². The third-order valence-corrected chi connectivity index (χ3v) is 6.85. The van der Waals surface area contributed by atoms with Gasteiger partial charge in [-0.2, -0.15) is 18.4 Å². The van der Waals surface area contributed by atoms with Crippen LogP contribution in [0.1, 0.15) is 0 Å². The maximum atomic E-state index is 13.1. The fraction of sp³-hybridized carbons (Fsp3) is 0.174. The van der Waals surface area contributed by atoms with Crippen molar-refractivity contribution in [2.45, 2.75) is 0 Å². The molecule has 12 nitrogen and oxygen atoms in total. The molecule has 3 heterocycles. The van der Waals surface area contributed by atoms with E-state index in [4.69, 9.17) is 14.2 Å². The van der Waals surface area contributed by atoms with Crippen molar-refractivity contribution in [1.82, 2.24) is 24.9 Å². The number of pyridine rings is 1. The number of hydrogen-bond donors (Lipinski definition) is 1. The van der Waals surface area contributed by atoms with Gasteiger partial charge >= 0.3 is 16.2 Å². The van der Waals surface area contributed by atoms with Crippen LogP contribution in [0.2, 0.25) is 0 Å². The highest BCUT2D eigenvalue weighted by molar-refractivity contribution is 9.10. The van der Waals surface area contributed by atoms with Gasteiger partial charge in [-0.1, -0.05) is 28.1 Å². The Labute approximate surface area is 222 Å². The number of rotatable bonds is 11. The molecule has 0 fully saturated rings. The van der Waals surface area contributed by atoms with Gasteiger partial charge in [-0.15, -0.1) is 0 Å². The van der Waals surface area contributed by atoms with Crippen molar-refractivity contribution in [1.29, 1.82) is 0 Å². The lowest BCUT2D eigenvalue weighted by Gasteiger charge is -2.21. The first kappa shape index (κ1) is 26.0. The average molecular weight is 588 g/mol. The Morgan fingerprint density at radius 1 is 0.973 bits per heavy atom. The van der Waals surface area contributed by atoms with Crippen LogP contribution in [0.15, 0.2) is 72.0 Å². The maximum absolute atomic E-state index is 13.1. The summed E-state index contributed by atoms with van der Waals surface area (Å²) in [5, 5.41) is 0. The molecule has 4 rings (SSSR count). The molecule has 0 saturated carbocycles. The lowest BCUT2D eigenvalue weighted by Crippen LogP contribution is -2.33. The highest BCUT2D eigenvalue weighted by Gasteiger charge is 2.24. The predicted molar refractivity (Wildman–Crippen MR) is 140 cm³/mol. The fourth-order valence-corrected chi connectivity index (χ4v) is 4.24. The van der Waals surface area contributed by atoms with E-state index >= 15 is 0 Å². The molecule has 0 saturated heterocycles. The zero-order valence-electron chi connectivity index (χ0n) is 19.8. The molecular weight excluding hydrogens is 566 g/mol. The van der Waals surface area contributed by atoms with Crippen LogP contribution in [0, 0.1) is 0 Å². The predicted octanol–water partition coefficient (Wildman–Crippen LogP) is 3.35. The number of anilines is 2. The summed E-state index contributed by atoms with van der Waals surface area (Å²) in [7, 11) is -1.12. The van der Waals surface area contributed by atoms with Gasteiger partial charge in [-0.3, -0.25) is 9.29 Å². The van der Waals surface area contributed by atoms with Crippen molar-refractivity contribution in [3.8, 4) is 28.8 Å². The smallest absolute Gasteiger partial charge is 0.324 e. The number of aromatic nitrogens is 5. The zero-order valence-corrected chi connectivity index (χ0v) is 22.2. The molecule has 192 valence electrons. The molecule has 0 aliphatic heterocycles. The molecular formula is C23H22BrN7O5S. The molecule has 14 heteroatoms. The van der Waals surface area contributed by atoms with E-state index in [2.05, 4.69) is 45.6 Å². The third kappa shape index (κ3) is 6.59. The molecule has 0 radical (unpaired) electrons. The van der Waals surface area contributed by atoms with Gasteiger partial charge in [0, 0.05) is 17.7 Å². The second-order valence-electron chi connectivity index (χ2n) is 7.30. The van der Waals surface area contributed by atoms with Crippen molar-refractivity contribution in [3.05, 3.63) is 72.0 Å². The summed E-state index contributed by atoms with van der Waals surface area (Å²) in [4.78, 5) is 20.5. The summed E-state index contributed by atoms with van der Waals surface area (Å²) >= 11 is 3.41. The number of benzene rings is 1. The third-order valence-electron chi connectivity index (χ3n) is 4.93. The molecule has 1 aromatic carbocycles. The number of halogens is 1. The van der Waals surface area contributed by atoms with Gasteiger partial charge in [0.15, 0.2) is 11.6 Å². The molecule has 4 aromatic rings. The zero-order chi connectivity index (χ0) is 26.3. The Balaban J connectivity index is 1.56. The molecule has 0 aliphatic carbocycles. The van der Waals surface area contributed by atoms with Gasteiger partial charge in [-0.25, -0.2) is 14.7 Å². The second kappa shape index (κ2) is 11.8. The van der Waals surface area contributed by atoms with Crippen LogP contribution in [-0.4, -0.2) is 60.7 Å². The lowest BCUT2D eigenvalue weighted by molar-refractivity contribution is 0.201. The highest BCUT2D eigenvalue weighted by Crippen LogP contribution is 2.35. The van der Waals surface area contributed by atoms with E-state index in [9.17, 15) is 8.42 Å². The van der Waals surface area contributed by atoms with Crippen LogP contribution < -0.4 is 23.2 Å². The summed E-state index contributed by atoms with van der Waals surface area (Å²) in [5.41, 5.74) is 1.38. The minimum atomic E-state index is -4.05. The van der Waals surface area contributed by atoms with E-state index in [1.165, 1.54) is 39.1 Å². The van der Waals surface area contributed by atoms with E-state index in [-0.39, 0.29) is 30.9 Å². The van der Waals surface area contributed by atoms with Gasteiger partial charge in [0.2, 0.25) is 5.88 Å². The first-order valence-electron chi connectivity index (χ1n) is 10.8. The van der Waals surface area contributed by atoms with E-state index in [1.807, 2.05) is 12.1 Å². The Morgan fingerprint density at radius 3 is 2.38 bits per heavy atom. The molecule has 3 aromatic heterocycles. The number of hydrogen-bond acceptors (Lipinski definition) is 10. The van der Waals surface area contributed by atoms with Gasteiger partial charge in [0.05, 0.1) is 37.0 Å². The Morgan fingerprint density at radius 2 is 1.70 bits per heavy atom. The van der Waals surface area contributed by atoms with Gasteiger partial charge in [0.1, 0.15) is 19.5 Å². The molecule has 1 N–H and O–H groups in total. The molecule has 0 spiro atoms. The van der Waals surface area contributed by atoms with Gasteiger partial charge < -0.3 is 14.2 Å². The monoisotopic (exact) mass is 587 g/mol. The molecule has 0 amide bonds. The fourth-order valence-electron chi connectivity index (χ4n) is 3.06. The summed E-state index contributed by atoms with van der Waals surface area (Å²) in [6, 6.07) is 10.6. The SMILES string of the molecule is COc1cnc(OCCOc2ncnc(NS(=O)(=O)N(C)c3cccnc3)c2-c2ccc(Br)cc2)nc1. The van der Waals surface area contributed by atoms with E-state index in [1.54, 1.807) is 30.5 Å². The maximum Gasteiger partial charge on any atom is 0.324 e. The van der Waals surface area contributed by atoms with Crippen molar-refractivity contribution in [3.63, 3.8) is 0 Å². The van der Waals surface area contributed by atoms with Crippen LogP contribution in [0.5, 0.6) is 17.6 Å². The first-order valence-corrected chi connectivity index (χ1v) is 13.0. The number of nitrogens with zero attached hydrogens (tertiary/aromatic N) is 6. The summed E-state index contributed by atoms with van der Waals surface area (Å²) < 4.78 is 47.1. The van der Waals surface area contributed by atoms with Gasteiger partial charge in [0.25, 0.3) is 0 Å². The molecule has 0 unspecified atom stereocenters. The van der Waals surface area contributed by atoms with Crippen molar-refractivity contribution < 1.29 is 22.6 Å². The topological polar surface area (TPSA) is 142 Å². The molecule has 0 atom stereocenters. The molecule has 0 aliphatic rings. The summed E-state index contributed by atoms with van der Waals surface area (Å²) in [5.74, 6) is 0.716. The van der Waals surface area contributed by atoms with Crippen LogP contribution in [0.3, 0.4) is 0 Å². The lowest BCUT2D eigenvalue weighted by atomic mass is 10.1. The van der Waals surface area contributed by atoms with Crippen molar-refractivity contribution in [2.75, 3.05) is 36.4 Å². The Bertz CT molecular complexity index is 1430. The Kier molecular flexibility index (Phi) is 8.30. The molecule has 0 bridgehead atoms. The molecule has 37 heavy (non-hydrogen) atoms. The van der Waals surface area contributed by atoms with E-state index in [0.717, 1.165) is 8.78 Å². The Hall–Kier alpha value is -4.04. The standard InChI is InChI=1S/C23H22BrN7O5S/c1-31(18-4-3-9-25-12-18)37(32,33)30-21-20(16-5-7-17(24)8-6-16)22(29-15-28-21)35-10-11-36-23-26-13-19(34-2)14-27-23/h3-9,12-15H,10-11H2,1-2H3,(H,28,29,30). The van der Waals surface area contributed by atoms with Crippen LogP contribution in [-0.2, 0) is 10.2 Å². The largest absolute Gasteiger partial charge is 0.494 e. The minimum absolute atomic E-state index is 0.0440. The highest BCUT2D eigenvalue weighted by atomic mass is 79.9. The number of ether oxygens (including phenoxy) is 3. The second-order valence-corrected chi connectivity index (χ2v) is 9.92. The first-order chi connectivity index (χ1) is 17.9. The van der Waals surface area contributed by atoms with Crippen molar-refractivity contribution >= 4 is 37.6 Å². The van der Waals surface area contributed by atoms with E-state index in [0.29, 0.717) is 22.6 Å². The normalized spacial score (nSPS) is 11.0. The van der Waals surface area contributed by atoms with Gasteiger partial charge in [-0.05, 0) is 29.8 Å².